The summed E-state index contributed by atoms with van der Waals surface area (Å²) < 4.78 is 0. The number of nitrogens with one attached hydrogen (secondary N) is 2. The summed E-state index contributed by atoms with van der Waals surface area (Å²) in [5.74, 6) is -1.17. The number of carbonyl (C=O) groups is 2. The van der Waals surface area contributed by atoms with E-state index in [1.807, 2.05) is 0 Å². The van der Waals surface area contributed by atoms with Crippen LogP contribution in [0, 0.1) is 22.3 Å². The Morgan fingerprint density at radius 2 is 0.789 bits per heavy atom. The number of halogens is 2. The van der Waals surface area contributed by atoms with Gasteiger partial charge in [-0.05, 0) is 13.8 Å². The number of amides is 2. The Hall–Kier alpha value is 3.81. The number of carbonyl (C=O) groups excluding carboxylic acids is 2. The van der Waals surface area contributed by atoms with Gasteiger partial charge in [0.05, 0.1) is 0 Å². The first-order chi connectivity index (χ1) is 4.88. The van der Waals surface area contributed by atoms with Crippen LogP contribution in [0.4, 0.5) is 0 Å². The van der Waals surface area contributed by atoms with E-state index < -0.39 is 28.8 Å². The predicted molar refractivity (Wildman–Crippen MR) is 61.0 cm³/mol. The summed E-state index contributed by atoms with van der Waals surface area (Å²) in [6.45, 7) is 2.39. The number of hydrogen-bond donors (Lipinski definition) is 0. The fourth-order valence-electron chi connectivity index (χ4n) is 0. The minimum Gasteiger partial charge on any atom is 0 e. The number of hydrogen-bond acceptors (Lipinski definition) is 2. The zero-order chi connectivity index (χ0) is 9.86. The second-order valence-electron chi connectivity index (χ2n) is 1.18. The van der Waals surface area contributed by atoms with Gasteiger partial charge in [-0.2, -0.15) is 0 Å². The van der Waals surface area contributed by atoms with Gasteiger partial charge in [0.25, 0.3) is 0 Å². The minimum atomic E-state index is -0.583. The van der Waals surface area contributed by atoms with Crippen LogP contribution < -0.4 is 0 Å². The third kappa shape index (κ3) is 591. The predicted octanol–water partition coefficient (Wildman–Crippen LogP) is 3.89. The van der Waals surface area contributed by atoms with Gasteiger partial charge in [-0.25, -0.2) is 0 Å². The largest absolute Gasteiger partial charge is 2.00 e. The van der Waals surface area contributed by atoms with Crippen LogP contribution in [0.5, 0.6) is 0 Å². The van der Waals surface area contributed by atoms with Crippen molar-refractivity contribution in [1.82, 2.24) is 0 Å². The second kappa shape index (κ2) is 80.8. The van der Waals surface area contributed by atoms with Gasteiger partial charge in [0.1, 0.15) is 0 Å². The molecule has 0 aromatic rings. The topological polar surface area (TPSA) is 81.7 Å². The maximum absolute atomic E-state index is 9.11. The molecule has 0 aliphatic heterocycles. The quantitative estimate of drug-likeness (QED) is 0.360. The Morgan fingerprint density at radius 3 is 0.789 bits per heavy atom. The van der Waals surface area contributed by atoms with Crippen LogP contribution in [-0.4, -0.2) is 11.8 Å². The van der Waals surface area contributed by atoms with Gasteiger partial charge in [-0.3, -0.25) is 0 Å². The van der Waals surface area contributed by atoms with Gasteiger partial charge in [-0.1, -0.05) is 0 Å². The zero-order valence-electron chi connectivity index (χ0n) is 11.6. The standard InChI is InChI=1S/2C2H5NO.3CH3.2ClH.6Ti/c2*1-2(3)4;;;;;;;;;;;/h2*1H3,(H2,3,4);3*1H3;2*1H;;;;;;/q;;3*-1;;;;;;;2*+2/p-4. The molecule has 0 radical (unpaired) electrons. The van der Waals surface area contributed by atoms with E-state index in [2.05, 4.69) is 0 Å². The Morgan fingerprint density at radius 1 is 0.789 bits per heavy atom. The van der Waals surface area contributed by atoms with Crippen molar-refractivity contribution in [2.24, 2.45) is 0 Å². The van der Waals surface area contributed by atoms with Crippen LogP contribution in [0.2, 0.25) is 0 Å². The molecule has 0 saturated carbocycles. The van der Waals surface area contributed by atoms with Gasteiger partial charge in [0.2, 0.25) is 0 Å². The molecule has 0 aliphatic carbocycles. The maximum Gasteiger partial charge on any atom is 2.00 e. The summed E-state index contributed by atoms with van der Waals surface area (Å²) in [6, 6.07) is 0. The SMILES string of the molecule is CC([NH-])=O.CC([NH-])=O.[CH3-].[CH3-].[CH3-].[Cl][Ti][Cl].[Ti+2].[Ti].[Ti].[Ti].[Ti]. The first kappa shape index (κ1) is 77.8. The molecule has 19 heavy (non-hydrogen) atoms. The summed E-state index contributed by atoms with van der Waals surface area (Å²) in [5.41, 5.74) is 11.9. The number of rotatable bonds is 0. The van der Waals surface area contributed by atoms with Crippen molar-refractivity contribution < 1.29 is 135 Å². The molecule has 0 fully saturated rings. The summed E-state index contributed by atoms with van der Waals surface area (Å²) in [7, 11) is 9.78. The molecule has 0 rings (SSSR count). The molecule has 0 aliphatic rings. The molecule has 4 nitrogen and oxygen atoms in total. The molecular weight excluding hydrogens is 502 g/mol. The Kier molecular flexibility index (Phi) is 331. The molecule has 12 heteroatoms. The van der Waals surface area contributed by atoms with E-state index >= 15 is 0 Å². The molecule has 0 aromatic heterocycles. The normalized spacial score (nSPS) is 3.37. The van der Waals surface area contributed by atoms with Crippen molar-refractivity contribution in [3.8, 4) is 0 Å². The third-order valence-electron chi connectivity index (χ3n) is 0. The Bertz CT molecular complexity index is 108. The third-order valence-corrected chi connectivity index (χ3v) is 0. The van der Waals surface area contributed by atoms with Crippen molar-refractivity contribution >= 4 is 30.4 Å². The van der Waals surface area contributed by atoms with Gasteiger partial charge in [0.15, 0.2) is 0 Å². The fraction of sp³-hybridized carbons (Fsp3) is 0.286. The molecule has 0 aromatic carbocycles. The van der Waals surface area contributed by atoms with Crippen molar-refractivity contribution in [3.05, 3.63) is 33.7 Å². The average molecular weight is 519 g/mol. The summed E-state index contributed by atoms with van der Waals surface area (Å²) >= 11 is -0.556. The molecule has 0 bridgehead atoms. The first-order valence-corrected chi connectivity index (χ1v) is 6.58. The van der Waals surface area contributed by atoms with Gasteiger partial charge in [-0.15, -0.1) is 0 Å². The van der Waals surface area contributed by atoms with E-state index in [1.165, 1.54) is 13.8 Å². The average Bonchev–Trinajstić information content (AvgIpc) is 1.60. The molecule has 2 amide bonds. The molecule has 108 valence electrons. The van der Waals surface area contributed by atoms with E-state index in [9.17, 15) is 0 Å². The fourth-order valence-corrected chi connectivity index (χ4v) is 0. The van der Waals surface area contributed by atoms with E-state index in [0.29, 0.717) is 0 Å². The monoisotopic (exact) mass is 519 g/mol. The van der Waals surface area contributed by atoms with E-state index in [0.717, 1.165) is 0 Å². The zero-order valence-corrected chi connectivity index (χ0v) is 22.5. The molecular formula is C7H17Cl2N2O2Ti6-3. The van der Waals surface area contributed by atoms with Gasteiger partial charge < -0.3 is 43.3 Å². The van der Waals surface area contributed by atoms with Crippen LogP contribution in [-0.2, 0) is 135 Å². The van der Waals surface area contributed by atoms with Crippen LogP contribution in [0.1, 0.15) is 13.8 Å². The summed E-state index contributed by atoms with van der Waals surface area (Å²) in [5, 5.41) is 0. The molecule has 0 atom stereocenters. The molecule has 0 spiro atoms. The smallest absolute Gasteiger partial charge is 0 e. The van der Waals surface area contributed by atoms with Crippen molar-refractivity contribution in [2.45, 2.75) is 13.8 Å². The Labute approximate surface area is 209 Å². The van der Waals surface area contributed by atoms with Crippen molar-refractivity contribution in [3.63, 3.8) is 0 Å². The van der Waals surface area contributed by atoms with Gasteiger partial charge in [0, 0.05) is 98.7 Å². The molecule has 0 unspecified atom stereocenters. The van der Waals surface area contributed by atoms with Crippen LogP contribution >= 0.6 is 18.6 Å². The van der Waals surface area contributed by atoms with E-state index in [-0.39, 0.29) is 131 Å². The molecule has 2 N–H and O–H groups in total. The van der Waals surface area contributed by atoms with Crippen LogP contribution in [0.3, 0.4) is 0 Å². The van der Waals surface area contributed by atoms with E-state index in [1.54, 1.807) is 0 Å². The molecule has 0 heterocycles. The van der Waals surface area contributed by atoms with Crippen molar-refractivity contribution in [1.29, 1.82) is 0 Å². The Balaban J connectivity index is -0.00000000467. The summed E-state index contributed by atoms with van der Waals surface area (Å²) in [6.07, 6.45) is 0. The minimum absolute atomic E-state index is 0. The first-order valence-electron chi connectivity index (χ1n) is 2.29. The van der Waals surface area contributed by atoms with Crippen LogP contribution in [0.25, 0.3) is 11.5 Å². The van der Waals surface area contributed by atoms with Crippen molar-refractivity contribution in [2.75, 3.05) is 0 Å². The van der Waals surface area contributed by atoms with Crippen LogP contribution in [0.15, 0.2) is 0 Å². The summed E-state index contributed by atoms with van der Waals surface area (Å²) in [4.78, 5) is 18.2. The maximum atomic E-state index is 9.11. The second-order valence-corrected chi connectivity index (χ2v) is 3.76. The van der Waals surface area contributed by atoms with Gasteiger partial charge >= 0.3 is 57.4 Å². The van der Waals surface area contributed by atoms with E-state index in [4.69, 9.17) is 39.7 Å². The molecule has 0 saturated heterocycles.